The number of anilines is 1. The van der Waals surface area contributed by atoms with Crippen LogP contribution in [0.2, 0.25) is 0 Å². The topological polar surface area (TPSA) is 74.3 Å². The number of fused-ring (bicyclic) bond motifs is 1. The maximum Gasteiger partial charge on any atom is 0.243 e. The average molecular weight is 423 g/mol. The van der Waals surface area contributed by atoms with E-state index in [1.165, 1.54) is 4.70 Å². The van der Waals surface area contributed by atoms with Gasteiger partial charge in [-0.25, -0.2) is 4.98 Å². The number of nitrogens with one attached hydrogen (secondary N) is 2. The second-order valence-corrected chi connectivity index (χ2v) is 8.80. The highest BCUT2D eigenvalue weighted by Gasteiger charge is 2.30. The molecular weight excluding hydrogens is 396 g/mol. The van der Waals surface area contributed by atoms with Crippen LogP contribution in [0.15, 0.2) is 42.5 Å². The number of carbonyl (C=O) groups excluding carboxylic acids is 2. The Kier molecular flexibility index (Phi) is 6.11. The first kappa shape index (κ1) is 20.5. The Labute approximate surface area is 180 Å². The van der Waals surface area contributed by atoms with Gasteiger partial charge >= 0.3 is 0 Å². The lowest BCUT2D eigenvalue weighted by Crippen LogP contribution is -2.40. The van der Waals surface area contributed by atoms with E-state index in [9.17, 15) is 9.59 Å². The lowest BCUT2D eigenvalue weighted by Gasteiger charge is -2.22. The zero-order chi connectivity index (χ0) is 21.1. The van der Waals surface area contributed by atoms with Crippen LogP contribution in [0.1, 0.15) is 35.0 Å². The molecule has 7 heteroatoms. The molecule has 2 heterocycles. The van der Waals surface area contributed by atoms with Crippen LogP contribution < -0.4 is 10.6 Å². The number of likely N-dealkylation sites (tertiary alicyclic amines) is 1. The van der Waals surface area contributed by atoms with Crippen LogP contribution in [-0.4, -0.2) is 41.3 Å². The van der Waals surface area contributed by atoms with Gasteiger partial charge in [-0.15, -0.1) is 11.3 Å². The molecular formula is C23H26N4O2S. The fourth-order valence-corrected chi connectivity index (χ4v) is 5.08. The van der Waals surface area contributed by atoms with Crippen LogP contribution in [0.5, 0.6) is 0 Å². The zero-order valence-corrected chi connectivity index (χ0v) is 18.1. The van der Waals surface area contributed by atoms with Gasteiger partial charge in [0.15, 0.2) is 0 Å². The van der Waals surface area contributed by atoms with Gasteiger partial charge in [0.05, 0.1) is 29.3 Å². The van der Waals surface area contributed by atoms with Crippen molar-refractivity contribution in [2.45, 2.75) is 32.7 Å². The molecule has 1 aliphatic rings. The second-order valence-electron chi connectivity index (χ2n) is 7.74. The highest BCUT2D eigenvalue weighted by molar-refractivity contribution is 7.18. The predicted octanol–water partition coefficient (Wildman–Crippen LogP) is 3.80. The summed E-state index contributed by atoms with van der Waals surface area (Å²) in [6.45, 7) is 5.01. The third-order valence-electron chi connectivity index (χ3n) is 5.50. The van der Waals surface area contributed by atoms with Crippen LogP contribution in [0, 0.1) is 13.8 Å². The minimum Gasteiger partial charge on any atom is -0.346 e. The van der Waals surface area contributed by atoms with E-state index >= 15 is 0 Å². The smallest absolute Gasteiger partial charge is 0.243 e. The molecule has 0 aliphatic carbocycles. The molecule has 1 fully saturated rings. The maximum absolute atomic E-state index is 12.5. The maximum atomic E-state index is 12.5. The molecule has 3 aromatic rings. The van der Waals surface area contributed by atoms with E-state index in [1.54, 1.807) is 11.3 Å². The summed E-state index contributed by atoms with van der Waals surface area (Å²) >= 11 is 1.70. The number of rotatable bonds is 6. The molecule has 2 amide bonds. The normalized spacial score (nSPS) is 16.7. The number of benzene rings is 2. The van der Waals surface area contributed by atoms with Gasteiger partial charge in [-0.05, 0) is 56.5 Å². The van der Waals surface area contributed by atoms with E-state index in [2.05, 4.69) is 21.6 Å². The highest BCUT2D eigenvalue weighted by Crippen LogP contribution is 2.36. The van der Waals surface area contributed by atoms with E-state index in [1.807, 2.05) is 50.2 Å². The van der Waals surface area contributed by atoms with Gasteiger partial charge in [-0.1, -0.05) is 30.3 Å². The van der Waals surface area contributed by atoms with Crippen LogP contribution in [-0.2, 0) is 9.59 Å². The highest BCUT2D eigenvalue weighted by atomic mass is 32.1. The van der Waals surface area contributed by atoms with Crippen molar-refractivity contribution in [1.29, 1.82) is 0 Å². The fraction of sp³-hybridized carbons (Fsp3) is 0.348. The van der Waals surface area contributed by atoms with Crippen LogP contribution in [0.3, 0.4) is 0 Å². The first-order chi connectivity index (χ1) is 14.5. The van der Waals surface area contributed by atoms with Gasteiger partial charge in [0.1, 0.15) is 5.01 Å². The molecule has 0 spiro atoms. The van der Waals surface area contributed by atoms with Gasteiger partial charge in [0, 0.05) is 5.69 Å². The number of nitrogens with zero attached hydrogens (tertiary/aromatic N) is 2. The van der Waals surface area contributed by atoms with E-state index in [0.717, 1.165) is 46.7 Å². The van der Waals surface area contributed by atoms with Gasteiger partial charge in [0.25, 0.3) is 0 Å². The molecule has 1 aromatic heterocycles. The van der Waals surface area contributed by atoms with E-state index in [-0.39, 0.29) is 30.9 Å². The van der Waals surface area contributed by atoms with Crippen molar-refractivity contribution in [2.24, 2.45) is 0 Å². The minimum absolute atomic E-state index is 0.0355. The molecule has 0 radical (unpaired) electrons. The largest absolute Gasteiger partial charge is 0.346 e. The Morgan fingerprint density at radius 1 is 1.10 bits per heavy atom. The van der Waals surface area contributed by atoms with Gasteiger partial charge in [0.2, 0.25) is 11.8 Å². The summed E-state index contributed by atoms with van der Waals surface area (Å²) in [6.07, 6.45) is 2.04. The summed E-state index contributed by atoms with van der Waals surface area (Å²) in [5, 5.41) is 6.72. The zero-order valence-electron chi connectivity index (χ0n) is 17.3. The summed E-state index contributed by atoms with van der Waals surface area (Å²) in [6, 6.07) is 14.2. The first-order valence-corrected chi connectivity index (χ1v) is 11.0. The van der Waals surface area contributed by atoms with Gasteiger partial charge < -0.3 is 10.6 Å². The summed E-state index contributed by atoms with van der Waals surface area (Å²) in [4.78, 5) is 31.7. The Morgan fingerprint density at radius 2 is 1.87 bits per heavy atom. The third-order valence-corrected chi connectivity index (χ3v) is 6.64. The van der Waals surface area contributed by atoms with Gasteiger partial charge in [-0.3, -0.25) is 14.5 Å². The molecule has 4 rings (SSSR count). The first-order valence-electron chi connectivity index (χ1n) is 10.2. The van der Waals surface area contributed by atoms with Crippen molar-refractivity contribution in [2.75, 3.05) is 25.0 Å². The van der Waals surface area contributed by atoms with Crippen molar-refractivity contribution in [3.63, 3.8) is 0 Å². The molecule has 6 nitrogen and oxygen atoms in total. The van der Waals surface area contributed by atoms with Crippen molar-refractivity contribution < 1.29 is 9.59 Å². The number of para-hydroxylation sites is 2. The molecule has 30 heavy (non-hydrogen) atoms. The number of carbonyl (C=O) groups is 2. The summed E-state index contributed by atoms with van der Waals surface area (Å²) < 4.78 is 1.17. The molecule has 0 saturated carbocycles. The number of thiazole rings is 1. The lowest BCUT2D eigenvalue weighted by atomic mass is 10.1. The average Bonchev–Trinajstić information content (AvgIpc) is 3.35. The number of aromatic nitrogens is 1. The molecule has 0 unspecified atom stereocenters. The number of aryl methyl sites for hydroxylation is 2. The number of amides is 2. The fourth-order valence-electron chi connectivity index (χ4n) is 3.94. The Balaban J connectivity index is 1.32. The van der Waals surface area contributed by atoms with Crippen LogP contribution in [0.25, 0.3) is 10.2 Å². The number of hydrogen-bond donors (Lipinski definition) is 2. The molecule has 0 bridgehead atoms. The van der Waals surface area contributed by atoms with Crippen LogP contribution >= 0.6 is 11.3 Å². The van der Waals surface area contributed by atoms with Gasteiger partial charge in [-0.2, -0.15) is 0 Å². The van der Waals surface area contributed by atoms with Crippen molar-refractivity contribution in [3.05, 3.63) is 58.6 Å². The Morgan fingerprint density at radius 3 is 2.63 bits per heavy atom. The Hall–Kier alpha value is -2.77. The second kappa shape index (κ2) is 8.93. The molecule has 2 aromatic carbocycles. The van der Waals surface area contributed by atoms with Crippen molar-refractivity contribution in [1.82, 2.24) is 15.2 Å². The molecule has 1 atom stereocenters. The summed E-state index contributed by atoms with van der Waals surface area (Å²) in [5.41, 5.74) is 3.83. The third kappa shape index (κ3) is 4.52. The van der Waals surface area contributed by atoms with E-state index in [0.29, 0.717) is 0 Å². The Bertz CT molecular complexity index is 1020. The van der Waals surface area contributed by atoms with E-state index in [4.69, 9.17) is 4.98 Å². The van der Waals surface area contributed by atoms with Crippen molar-refractivity contribution in [3.8, 4) is 0 Å². The molecule has 2 N–H and O–H groups in total. The summed E-state index contributed by atoms with van der Waals surface area (Å²) in [5.74, 6) is -0.357. The predicted molar refractivity (Wildman–Crippen MR) is 121 cm³/mol. The van der Waals surface area contributed by atoms with Crippen molar-refractivity contribution >= 4 is 39.1 Å². The van der Waals surface area contributed by atoms with Crippen LogP contribution in [0.4, 0.5) is 5.69 Å². The van der Waals surface area contributed by atoms with E-state index < -0.39 is 0 Å². The standard InChI is InChI=1S/C23H26N4O2S/c1-15-7-5-8-16(2)22(15)26-20(28)13-24-21(29)14-27-12-6-10-18(27)23-25-17-9-3-4-11-19(17)30-23/h3-5,7-9,11,18H,6,10,12-14H2,1-2H3,(H,24,29)(H,26,28)/t18-/m0/s1. The lowest BCUT2D eigenvalue weighted by molar-refractivity contribution is -0.125. The SMILES string of the molecule is Cc1cccc(C)c1NC(=O)CNC(=O)CN1CCC[C@H]1c1nc2ccccc2s1. The molecule has 156 valence electrons. The minimum atomic E-state index is -0.218. The molecule has 1 aliphatic heterocycles. The monoisotopic (exact) mass is 422 g/mol. The molecule has 1 saturated heterocycles. The summed E-state index contributed by atoms with van der Waals surface area (Å²) in [7, 11) is 0. The quantitative estimate of drug-likeness (QED) is 0.634. The number of hydrogen-bond acceptors (Lipinski definition) is 5.